The minimum Gasteiger partial charge on any atom is -0.426 e. The lowest BCUT2D eigenvalue weighted by atomic mass is 9.96. The Hall–Kier alpha value is -2.48. The van der Waals surface area contributed by atoms with Crippen LogP contribution in [0.3, 0.4) is 0 Å². The van der Waals surface area contributed by atoms with Crippen LogP contribution in [0.4, 0.5) is 13.2 Å². The summed E-state index contributed by atoms with van der Waals surface area (Å²) in [4.78, 5) is 14.8. The van der Waals surface area contributed by atoms with Crippen molar-refractivity contribution in [2.75, 3.05) is 19.6 Å². The number of alkyl halides is 3. The molecule has 4 rings (SSSR count). The summed E-state index contributed by atoms with van der Waals surface area (Å²) >= 11 is 0. The van der Waals surface area contributed by atoms with E-state index < -0.39 is 11.9 Å². The highest BCUT2D eigenvalue weighted by atomic mass is 19.4. The number of hydrogen-bond donors (Lipinski definition) is 1. The summed E-state index contributed by atoms with van der Waals surface area (Å²) in [6, 6.07) is 8.28. The number of amides is 1. The topological polar surface area (TPSA) is 54.7 Å². The quantitative estimate of drug-likeness (QED) is 0.874. The normalized spacial score (nSPS) is 24.6. The van der Waals surface area contributed by atoms with Gasteiger partial charge in [-0.2, -0.15) is 13.2 Å². The van der Waals surface area contributed by atoms with E-state index in [9.17, 15) is 18.0 Å². The van der Waals surface area contributed by atoms with Crippen molar-refractivity contribution < 1.29 is 27.1 Å². The first-order valence-electron chi connectivity index (χ1n) is 8.85. The van der Waals surface area contributed by atoms with E-state index in [0.717, 1.165) is 38.2 Å². The Labute approximate surface area is 154 Å². The first-order chi connectivity index (χ1) is 12.9. The number of carbonyl (C=O) groups excluding carboxylic acids is 1. The van der Waals surface area contributed by atoms with Crippen molar-refractivity contribution in [2.45, 2.75) is 25.1 Å². The Morgan fingerprint density at radius 3 is 2.59 bits per heavy atom. The van der Waals surface area contributed by atoms with Gasteiger partial charge in [-0.3, -0.25) is 4.79 Å². The smallest absolute Gasteiger partial charge is 0.426 e. The van der Waals surface area contributed by atoms with E-state index in [0.29, 0.717) is 11.5 Å². The van der Waals surface area contributed by atoms with Gasteiger partial charge in [0.15, 0.2) is 0 Å². The molecule has 2 fully saturated rings. The molecule has 1 aromatic carbocycles. The van der Waals surface area contributed by atoms with Gasteiger partial charge in [-0.25, -0.2) is 0 Å². The van der Waals surface area contributed by atoms with E-state index >= 15 is 0 Å². The zero-order valence-electron chi connectivity index (χ0n) is 14.5. The Morgan fingerprint density at radius 1 is 1.15 bits per heavy atom. The lowest BCUT2D eigenvalue weighted by Gasteiger charge is -2.30. The highest BCUT2D eigenvalue weighted by molar-refractivity contribution is 5.94. The predicted molar refractivity (Wildman–Crippen MR) is 90.6 cm³/mol. The van der Waals surface area contributed by atoms with Crippen molar-refractivity contribution in [3.05, 3.63) is 47.7 Å². The highest BCUT2D eigenvalue weighted by Gasteiger charge is 2.35. The molecular weight excluding hydrogens is 361 g/mol. The van der Waals surface area contributed by atoms with Gasteiger partial charge in [-0.05, 0) is 55.6 Å². The zero-order valence-corrected chi connectivity index (χ0v) is 14.5. The first-order valence-corrected chi connectivity index (χ1v) is 8.85. The van der Waals surface area contributed by atoms with Crippen LogP contribution in [0.2, 0.25) is 0 Å². The minimum absolute atomic E-state index is 0.151. The van der Waals surface area contributed by atoms with Crippen molar-refractivity contribution in [3.63, 3.8) is 0 Å². The molecular formula is C19H19F3N2O3. The number of rotatable bonds is 4. The van der Waals surface area contributed by atoms with Crippen molar-refractivity contribution in [1.82, 2.24) is 10.2 Å². The van der Waals surface area contributed by atoms with Crippen LogP contribution in [0, 0.1) is 5.92 Å². The molecule has 0 aliphatic carbocycles. The minimum atomic E-state index is -4.56. The lowest BCUT2D eigenvalue weighted by Crippen LogP contribution is -2.46. The second-order valence-electron chi connectivity index (χ2n) is 7.06. The van der Waals surface area contributed by atoms with Gasteiger partial charge in [-0.15, -0.1) is 0 Å². The number of ether oxygens (including phenoxy) is 1. The fourth-order valence-corrected chi connectivity index (χ4v) is 3.75. The number of furan rings is 1. The molecule has 0 spiro atoms. The third-order valence-electron chi connectivity index (χ3n) is 5.00. The molecule has 144 valence electrons. The predicted octanol–water partition coefficient (Wildman–Crippen LogP) is 3.91. The number of nitrogens with one attached hydrogen (secondary N) is 1. The molecule has 2 aliphatic heterocycles. The van der Waals surface area contributed by atoms with Gasteiger partial charge < -0.3 is 19.4 Å². The maximum absolute atomic E-state index is 12.5. The van der Waals surface area contributed by atoms with E-state index in [1.807, 2.05) is 0 Å². The molecule has 5 nitrogen and oxygen atoms in total. The van der Waals surface area contributed by atoms with Crippen molar-refractivity contribution in [1.29, 1.82) is 0 Å². The molecule has 1 unspecified atom stereocenters. The summed E-state index contributed by atoms with van der Waals surface area (Å²) in [7, 11) is 0. The largest absolute Gasteiger partial charge is 0.449 e. The number of nitrogens with zero attached hydrogens (tertiary/aromatic N) is 1. The summed E-state index contributed by atoms with van der Waals surface area (Å²) < 4.78 is 47.5. The van der Waals surface area contributed by atoms with Crippen molar-refractivity contribution in [2.24, 2.45) is 5.92 Å². The molecule has 1 aromatic heterocycles. The number of benzene rings is 1. The maximum atomic E-state index is 12.5. The van der Waals surface area contributed by atoms with Crippen LogP contribution < -0.4 is 10.1 Å². The Kier molecular flexibility index (Phi) is 4.59. The second-order valence-corrected chi connectivity index (χ2v) is 7.06. The molecule has 8 heteroatoms. The SMILES string of the molecule is O=C(N[C@@H]1C[C@H]2CCN(C2)C1)c1ccc(Oc2ccc(C(F)(F)F)o2)cc1. The molecule has 3 heterocycles. The van der Waals surface area contributed by atoms with Crippen LogP contribution in [0.25, 0.3) is 0 Å². The summed E-state index contributed by atoms with van der Waals surface area (Å²) in [5, 5.41) is 3.06. The number of piperidine rings is 1. The van der Waals surface area contributed by atoms with E-state index in [4.69, 9.17) is 4.74 Å². The summed E-state index contributed by atoms with van der Waals surface area (Å²) in [5.41, 5.74) is 0.477. The van der Waals surface area contributed by atoms with E-state index in [1.165, 1.54) is 18.6 Å². The Morgan fingerprint density at radius 2 is 1.93 bits per heavy atom. The number of hydrogen-bond acceptors (Lipinski definition) is 4. The van der Waals surface area contributed by atoms with E-state index in [2.05, 4.69) is 14.6 Å². The van der Waals surface area contributed by atoms with Gasteiger partial charge in [0, 0.05) is 30.8 Å². The van der Waals surface area contributed by atoms with Crippen molar-refractivity contribution in [3.8, 4) is 11.7 Å². The van der Waals surface area contributed by atoms with Gasteiger partial charge in [-0.1, -0.05) is 0 Å². The molecule has 1 amide bonds. The number of halogens is 3. The van der Waals surface area contributed by atoms with Gasteiger partial charge in [0.05, 0.1) is 0 Å². The first kappa shape index (κ1) is 17.9. The number of carbonyl (C=O) groups is 1. The standard InChI is InChI=1S/C19H19F3N2O3/c20-19(21,22)16-5-6-17(27-16)26-15-3-1-13(2-4-15)18(25)23-14-9-12-7-8-24(10-12)11-14/h1-6,12,14H,7-11H2,(H,23,25)/t12-,14-/m1/s1. The van der Waals surface area contributed by atoms with Crippen LogP contribution in [0.15, 0.2) is 40.8 Å². The van der Waals surface area contributed by atoms with Gasteiger partial charge >= 0.3 is 6.18 Å². The highest BCUT2D eigenvalue weighted by Crippen LogP contribution is 2.34. The van der Waals surface area contributed by atoms with Gasteiger partial charge in [0.25, 0.3) is 11.9 Å². The monoisotopic (exact) mass is 380 g/mol. The molecule has 2 aromatic rings. The Bertz CT molecular complexity index is 804. The second kappa shape index (κ2) is 6.92. The van der Waals surface area contributed by atoms with Crippen LogP contribution in [0.1, 0.15) is 29.0 Å². The fourth-order valence-electron chi connectivity index (χ4n) is 3.75. The molecule has 1 N–H and O–H groups in total. The zero-order chi connectivity index (χ0) is 19.0. The van der Waals surface area contributed by atoms with Crippen LogP contribution in [-0.2, 0) is 6.18 Å². The summed E-state index contributed by atoms with van der Waals surface area (Å²) in [6.07, 6.45) is -2.36. The molecule has 27 heavy (non-hydrogen) atoms. The van der Waals surface area contributed by atoms with Gasteiger partial charge in [0.1, 0.15) is 5.75 Å². The molecule has 2 aliphatic rings. The average molecular weight is 380 g/mol. The molecule has 3 atom stereocenters. The molecule has 0 radical (unpaired) electrons. The fraction of sp³-hybridized carbons (Fsp3) is 0.421. The molecule has 2 saturated heterocycles. The van der Waals surface area contributed by atoms with Crippen LogP contribution in [0.5, 0.6) is 11.7 Å². The lowest BCUT2D eigenvalue weighted by molar-refractivity contribution is -0.153. The third-order valence-corrected chi connectivity index (χ3v) is 5.00. The van der Waals surface area contributed by atoms with E-state index in [-0.39, 0.29) is 23.6 Å². The van der Waals surface area contributed by atoms with Gasteiger partial charge in [0.2, 0.25) is 5.76 Å². The average Bonchev–Trinajstić information content (AvgIpc) is 3.22. The van der Waals surface area contributed by atoms with Crippen molar-refractivity contribution >= 4 is 5.91 Å². The number of fused-ring (bicyclic) bond motifs is 2. The van der Waals surface area contributed by atoms with E-state index in [1.54, 1.807) is 12.1 Å². The molecule has 2 bridgehead atoms. The maximum Gasteiger partial charge on any atom is 0.449 e. The third kappa shape index (κ3) is 4.10. The van der Waals surface area contributed by atoms with Crippen LogP contribution >= 0.6 is 0 Å². The van der Waals surface area contributed by atoms with Crippen LogP contribution in [-0.4, -0.2) is 36.5 Å². The summed E-state index contributed by atoms with van der Waals surface area (Å²) in [5.74, 6) is -0.588. The Balaban J connectivity index is 1.35. The summed E-state index contributed by atoms with van der Waals surface area (Å²) in [6.45, 7) is 3.11. The molecule has 0 saturated carbocycles.